The number of carbonyl (C=O) groups is 1. The smallest absolute Gasteiger partial charge is 0.262 e. The molecule has 31 heavy (non-hydrogen) atoms. The van der Waals surface area contributed by atoms with Crippen LogP contribution in [-0.4, -0.2) is 35.6 Å². The number of pyridine rings is 1. The first-order valence-electron chi connectivity index (χ1n) is 9.68. The molecule has 4 rings (SSSR count). The summed E-state index contributed by atoms with van der Waals surface area (Å²) in [7, 11) is 0. The van der Waals surface area contributed by atoms with Gasteiger partial charge in [0.05, 0.1) is 0 Å². The molecule has 8 nitrogen and oxygen atoms in total. The van der Waals surface area contributed by atoms with Crippen LogP contribution in [0.1, 0.15) is 35.9 Å². The summed E-state index contributed by atoms with van der Waals surface area (Å²) in [6.45, 7) is 4.11. The van der Waals surface area contributed by atoms with Gasteiger partial charge in [0.1, 0.15) is 23.4 Å². The fourth-order valence-electron chi connectivity index (χ4n) is 2.85. The van der Waals surface area contributed by atoms with Gasteiger partial charge in [0, 0.05) is 23.8 Å². The van der Waals surface area contributed by atoms with Crippen LogP contribution in [0.4, 0.5) is 0 Å². The van der Waals surface area contributed by atoms with Gasteiger partial charge in [0.2, 0.25) is 0 Å². The number of benzene rings is 1. The Morgan fingerprint density at radius 1 is 1.00 bits per heavy atom. The summed E-state index contributed by atoms with van der Waals surface area (Å²) in [5.74, 6) is 3.67. The van der Waals surface area contributed by atoms with E-state index in [0.29, 0.717) is 34.3 Å². The Morgan fingerprint density at radius 3 is 2.61 bits per heavy atom. The van der Waals surface area contributed by atoms with E-state index in [2.05, 4.69) is 56.3 Å². The molecule has 0 radical (unpaired) electrons. The van der Waals surface area contributed by atoms with Crippen LogP contribution in [0.25, 0.3) is 23.0 Å². The van der Waals surface area contributed by atoms with Gasteiger partial charge in [0.15, 0.2) is 11.6 Å². The number of carbonyl (C=O) groups excluding carboxylic acids is 1. The minimum absolute atomic E-state index is 0.205. The maximum atomic E-state index is 12.1. The standard InChI is InChI=1S/C23H19N7O/c1-16(2)30-15-26-29-22(30)20-10-6-9-19(28-20)21-24-13-11-18(27-21)12-14-25-23(31)17-7-4-3-5-8-17/h3-11,13,15-16H,1-2H3,(H,25,31). The molecule has 0 saturated carbocycles. The molecule has 0 fully saturated rings. The summed E-state index contributed by atoms with van der Waals surface area (Å²) < 4.78 is 1.95. The van der Waals surface area contributed by atoms with E-state index >= 15 is 0 Å². The van der Waals surface area contributed by atoms with Crippen molar-refractivity contribution in [3.8, 4) is 35.0 Å². The van der Waals surface area contributed by atoms with E-state index in [1.165, 1.54) is 0 Å². The molecule has 152 valence electrons. The van der Waals surface area contributed by atoms with Crippen LogP contribution in [0.5, 0.6) is 0 Å². The molecule has 1 amide bonds. The van der Waals surface area contributed by atoms with E-state index in [9.17, 15) is 4.79 Å². The van der Waals surface area contributed by atoms with Crippen molar-refractivity contribution in [1.82, 2.24) is 35.0 Å². The number of hydrogen-bond acceptors (Lipinski definition) is 6. The van der Waals surface area contributed by atoms with Gasteiger partial charge in [-0.25, -0.2) is 15.0 Å². The third kappa shape index (κ3) is 4.62. The number of amides is 1. The molecule has 0 aliphatic carbocycles. The third-order valence-electron chi connectivity index (χ3n) is 4.39. The summed E-state index contributed by atoms with van der Waals surface area (Å²) in [5, 5.41) is 10.7. The molecule has 0 unspecified atom stereocenters. The van der Waals surface area contributed by atoms with E-state index < -0.39 is 0 Å². The van der Waals surface area contributed by atoms with Crippen LogP contribution in [0.3, 0.4) is 0 Å². The van der Waals surface area contributed by atoms with Crippen molar-refractivity contribution in [3.63, 3.8) is 0 Å². The van der Waals surface area contributed by atoms with Gasteiger partial charge in [-0.3, -0.25) is 10.1 Å². The maximum Gasteiger partial charge on any atom is 0.262 e. The van der Waals surface area contributed by atoms with Gasteiger partial charge in [-0.1, -0.05) is 24.3 Å². The molecule has 8 heteroatoms. The summed E-state index contributed by atoms with van der Waals surface area (Å²) in [4.78, 5) is 25.5. The lowest BCUT2D eigenvalue weighted by Crippen LogP contribution is -2.17. The van der Waals surface area contributed by atoms with Gasteiger partial charge < -0.3 is 4.57 Å². The molecule has 0 saturated heterocycles. The predicted octanol–water partition coefficient (Wildman–Crippen LogP) is 3.12. The molecule has 1 N–H and O–H groups in total. The average Bonchev–Trinajstić information content (AvgIpc) is 3.30. The van der Waals surface area contributed by atoms with Gasteiger partial charge >= 0.3 is 0 Å². The molecule has 0 spiro atoms. The molecule has 0 aliphatic rings. The van der Waals surface area contributed by atoms with E-state index in [0.717, 1.165) is 0 Å². The fourth-order valence-corrected chi connectivity index (χ4v) is 2.85. The summed E-state index contributed by atoms with van der Waals surface area (Å²) in [6, 6.07) is 19.0. The van der Waals surface area contributed by atoms with Gasteiger partial charge in [0.25, 0.3) is 5.91 Å². The molecule has 1 aromatic carbocycles. The summed E-state index contributed by atoms with van der Waals surface area (Å²) >= 11 is 0. The Kier molecular flexibility index (Phi) is 5.76. The first kappa shape index (κ1) is 19.9. The lowest BCUT2D eigenvalue weighted by atomic mass is 10.2. The van der Waals surface area contributed by atoms with Crippen molar-refractivity contribution < 1.29 is 4.79 Å². The van der Waals surface area contributed by atoms with E-state index in [1.807, 2.05) is 28.8 Å². The topological polar surface area (TPSA) is 98.5 Å². The quantitative estimate of drug-likeness (QED) is 0.411. The summed E-state index contributed by atoms with van der Waals surface area (Å²) in [6.07, 6.45) is 3.29. The molecular weight excluding hydrogens is 390 g/mol. The minimum Gasteiger partial charge on any atom is -0.310 e. The lowest BCUT2D eigenvalue weighted by Gasteiger charge is -2.10. The second kappa shape index (κ2) is 8.97. The second-order valence-corrected chi connectivity index (χ2v) is 6.90. The van der Waals surface area contributed by atoms with Crippen molar-refractivity contribution in [2.45, 2.75) is 19.9 Å². The zero-order valence-corrected chi connectivity index (χ0v) is 17.0. The highest BCUT2D eigenvalue weighted by molar-refractivity contribution is 5.95. The number of hydrogen-bond donors (Lipinski definition) is 1. The van der Waals surface area contributed by atoms with Crippen LogP contribution >= 0.6 is 0 Å². The van der Waals surface area contributed by atoms with Crippen LogP contribution in [-0.2, 0) is 0 Å². The Labute approximate surface area is 179 Å². The van der Waals surface area contributed by atoms with Crippen LogP contribution in [0, 0.1) is 12.0 Å². The van der Waals surface area contributed by atoms with Gasteiger partial charge in [-0.15, -0.1) is 10.2 Å². The zero-order valence-electron chi connectivity index (χ0n) is 17.0. The largest absolute Gasteiger partial charge is 0.310 e. The van der Waals surface area contributed by atoms with Crippen LogP contribution in [0.15, 0.2) is 67.1 Å². The predicted molar refractivity (Wildman–Crippen MR) is 115 cm³/mol. The molecule has 0 aliphatic heterocycles. The Balaban J connectivity index is 1.55. The van der Waals surface area contributed by atoms with Gasteiger partial charge in [-0.2, -0.15) is 0 Å². The maximum absolute atomic E-state index is 12.1. The van der Waals surface area contributed by atoms with Crippen molar-refractivity contribution in [1.29, 1.82) is 0 Å². The number of aromatic nitrogens is 6. The van der Waals surface area contributed by atoms with E-state index in [1.54, 1.807) is 42.9 Å². The van der Waals surface area contributed by atoms with Crippen molar-refractivity contribution in [3.05, 3.63) is 78.4 Å². The third-order valence-corrected chi connectivity index (χ3v) is 4.39. The highest BCUT2D eigenvalue weighted by Gasteiger charge is 2.13. The van der Waals surface area contributed by atoms with Crippen LogP contribution in [0.2, 0.25) is 0 Å². The van der Waals surface area contributed by atoms with Crippen molar-refractivity contribution >= 4 is 5.91 Å². The monoisotopic (exact) mass is 409 g/mol. The number of nitrogens with one attached hydrogen (secondary N) is 1. The Bertz CT molecular complexity index is 1270. The Morgan fingerprint density at radius 2 is 1.81 bits per heavy atom. The molecule has 3 aromatic heterocycles. The minimum atomic E-state index is -0.272. The molecule has 0 atom stereocenters. The first-order chi connectivity index (χ1) is 15.1. The zero-order chi connectivity index (χ0) is 21.6. The first-order valence-corrected chi connectivity index (χ1v) is 9.68. The Hall–Kier alpha value is -4.38. The van der Waals surface area contributed by atoms with Crippen molar-refractivity contribution in [2.24, 2.45) is 0 Å². The van der Waals surface area contributed by atoms with Crippen molar-refractivity contribution in [2.75, 3.05) is 0 Å². The van der Waals surface area contributed by atoms with Gasteiger partial charge in [-0.05, 0) is 50.1 Å². The highest BCUT2D eigenvalue weighted by atomic mass is 16.1. The average molecular weight is 409 g/mol. The second-order valence-electron chi connectivity index (χ2n) is 6.90. The number of nitrogens with zero attached hydrogens (tertiary/aromatic N) is 6. The normalized spacial score (nSPS) is 10.4. The SMILES string of the molecule is CC(C)n1cnnc1-c1cccc(-c2nccc(C#CNC(=O)c3ccccc3)n2)n1. The van der Waals surface area contributed by atoms with Crippen LogP contribution < -0.4 is 5.32 Å². The van der Waals surface area contributed by atoms with E-state index in [-0.39, 0.29) is 11.9 Å². The highest BCUT2D eigenvalue weighted by Crippen LogP contribution is 2.21. The molecule has 3 heterocycles. The molecule has 0 bridgehead atoms. The summed E-state index contributed by atoms with van der Waals surface area (Å²) in [5.41, 5.74) is 2.28. The fraction of sp³-hybridized carbons (Fsp3) is 0.130. The molecular formula is C23H19N7O. The van der Waals surface area contributed by atoms with E-state index in [4.69, 9.17) is 0 Å². The lowest BCUT2D eigenvalue weighted by molar-refractivity contribution is 0.0973. The number of rotatable bonds is 4. The molecule has 4 aromatic rings.